The van der Waals surface area contributed by atoms with E-state index in [0.717, 1.165) is 37.4 Å². The number of methoxy groups -OCH3 is 1. The molecule has 2 aromatic rings. The number of carbonyl (C=O) groups excluding carboxylic acids is 2. The second-order valence-corrected chi connectivity index (χ2v) is 8.27. The number of rotatable bonds is 9. The minimum atomic E-state index is -0.194. The average Bonchev–Trinajstić information content (AvgIpc) is 2.79. The van der Waals surface area contributed by atoms with Gasteiger partial charge in [0.05, 0.1) is 17.2 Å². The van der Waals surface area contributed by atoms with E-state index in [1.54, 1.807) is 25.3 Å². The number of amides is 2. The lowest BCUT2D eigenvalue weighted by Gasteiger charge is -2.32. The number of piperidine rings is 1. The van der Waals surface area contributed by atoms with Gasteiger partial charge in [-0.2, -0.15) is 0 Å². The lowest BCUT2D eigenvalue weighted by Crippen LogP contribution is -2.40. The Bertz CT molecular complexity index is 873. The molecule has 0 aliphatic carbocycles. The molecule has 31 heavy (non-hydrogen) atoms. The molecule has 0 spiro atoms. The van der Waals surface area contributed by atoms with E-state index in [1.165, 1.54) is 5.56 Å². The van der Waals surface area contributed by atoms with Crippen LogP contribution in [0.25, 0.3) is 0 Å². The number of para-hydroxylation sites is 1. The highest BCUT2D eigenvalue weighted by molar-refractivity contribution is 6.30. The molecule has 1 unspecified atom stereocenters. The Kier molecular flexibility index (Phi) is 8.88. The number of benzene rings is 2. The van der Waals surface area contributed by atoms with Gasteiger partial charge in [-0.05, 0) is 55.6 Å². The van der Waals surface area contributed by atoms with Crippen LogP contribution in [0.5, 0.6) is 0 Å². The molecular formula is C24H30ClN3O3. The van der Waals surface area contributed by atoms with Crippen LogP contribution in [-0.4, -0.2) is 50.1 Å². The molecule has 0 saturated carbocycles. The van der Waals surface area contributed by atoms with Gasteiger partial charge < -0.3 is 15.4 Å². The lowest BCUT2D eigenvalue weighted by atomic mass is 9.96. The third-order valence-electron chi connectivity index (χ3n) is 5.44. The fourth-order valence-electron chi connectivity index (χ4n) is 3.80. The molecule has 3 rings (SSSR count). The first kappa shape index (κ1) is 23.3. The highest BCUT2D eigenvalue weighted by Gasteiger charge is 2.26. The topological polar surface area (TPSA) is 70.7 Å². The number of nitrogens with zero attached hydrogens (tertiary/aromatic N) is 1. The molecule has 1 atom stereocenters. The monoisotopic (exact) mass is 443 g/mol. The van der Waals surface area contributed by atoms with Crippen LogP contribution in [-0.2, 0) is 16.1 Å². The Morgan fingerprint density at radius 3 is 2.71 bits per heavy atom. The summed E-state index contributed by atoms with van der Waals surface area (Å²) in [6, 6.07) is 15.0. The number of anilines is 1. The summed E-state index contributed by atoms with van der Waals surface area (Å²) >= 11 is 5.97. The maximum absolute atomic E-state index is 13.0. The predicted octanol–water partition coefficient (Wildman–Crippen LogP) is 3.96. The van der Waals surface area contributed by atoms with E-state index in [1.807, 2.05) is 30.3 Å². The standard InChI is InChI=1S/C24H30ClN3O3/c1-31-15-5-13-26-24(30)21-7-2-3-8-22(21)27-23(29)19-6-4-14-28(17-19)16-18-9-11-20(25)12-10-18/h2-3,7-12,19H,4-6,13-17H2,1H3,(H,26,30)(H,27,29). The molecule has 6 nitrogen and oxygen atoms in total. The molecule has 7 heteroatoms. The van der Waals surface area contributed by atoms with Gasteiger partial charge >= 0.3 is 0 Å². The van der Waals surface area contributed by atoms with Crippen LogP contribution in [0.3, 0.4) is 0 Å². The quantitative estimate of drug-likeness (QED) is 0.575. The third-order valence-corrected chi connectivity index (χ3v) is 5.69. The average molecular weight is 444 g/mol. The molecule has 1 aliphatic heterocycles. The molecule has 1 fully saturated rings. The van der Waals surface area contributed by atoms with Gasteiger partial charge in [-0.1, -0.05) is 35.9 Å². The van der Waals surface area contributed by atoms with Crippen molar-refractivity contribution in [2.24, 2.45) is 5.92 Å². The zero-order valence-corrected chi connectivity index (χ0v) is 18.7. The summed E-state index contributed by atoms with van der Waals surface area (Å²) < 4.78 is 5.01. The minimum absolute atomic E-state index is 0.0413. The van der Waals surface area contributed by atoms with Crippen LogP contribution in [0.15, 0.2) is 48.5 Å². The van der Waals surface area contributed by atoms with Crippen molar-refractivity contribution in [1.29, 1.82) is 0 Å². The van der Waals surface area contributed by atoms with Crippen LogP contribution in [0, 0.1) is 5.92 Å². The maximum Gasteiger partial charge on any atom is 0.253 e. The smallest absolute Gasteiger partial charge is 0.253 e. The summed E-state index contributed by atoms with van der Waals surface area (Å²) in [6.07, 6.45) is 2.55. The van der Waals surface area contributed by atoms with Crippen LogP contribution in [0.4, 0.5) is 5.69 Å². The second kappa shape index (κ2) is 11.8. The van der Waals surface area contributed by atoms with Crippen molar-refractivity contribution in [3.63, 3.8) is 0 Å². The molecule has 1 saturated heterocycles. The number of halogens is 1. The predicted molar refractivity (Wildman–Crippen MR) is 123 cm³/mol. The molecule has 1 heterocycles. The summed E-state index contributed by atoms with van der Waals surface area (Å²) in [5.74, 6) is -0.348. The van der Waals surface area contributed by atoms with Gasteiger partial charge in [0.1, 0.15) is 0 Å². The lowest BCUT2D eigenvalue weighted by molar-refractivity contribution is -0.121. The summed E-state index contributed by atoms with van der Waals surface area (Å²) in [5, 5.41) is 6.59. The van der Waals surface area contributed by atoms with E-state index in [9.17, 15) is 9.59 Å². The van der Waals surface area contributed by atoms with Crippen molar-refractivity contribution in [3.8, 4) is 0 Å². The van der Waals surface area contributed by atoms with Gasteiger partial charge in [-0.15, -0.1) is 0 Å². The number of hydrogen-bond donors (Lipinski definition) is 2. The SMILES string of the molecule is COCCCNC(=O)c1ccccc1NC(=O)C1CCCN(Cc2ccc(Cl)cc2)C1. The third kappa shape index (κ3) is 7.06. The van der Waals surface area contributed by atoms with Gasteiger partial charge in [0.2, 0.25) is 5.91 Å². The Balaban J connectivity index is 1.58. The van der Waals surface area contributed by atoms with Gasteiger partial charge in [0.15, 0.2) is 0 Å². The summed E-state index contributed by atoms with van der Waals surface area (Å²) in [5.41, 5.74) is 2.20. The first-order valence-corrected chi connectivity index (χ1v) is 11.1. The van der Waals surface area contributed by atoms with Crippen molar-refractivity contribution in [2.45, 2.75) is 25.8 Å². The zero-order chi connectivity index (χ0) is 22.1. The Hall–Kier alpha value is -2.41. The maximum atomic E-state index is 13.0. The number of carbonyl (C=O) groups is 2. The van der Waals surface area contributed by atoms with E-state index < -0.39 is 0 Å². The molecule has 2 amide bonds. The van der Waals surface area contributed by atoms with Crippen molar-refractivity contribution >= 4 is 29.1 Å². The van der Waals surface area contributed by atoms with E-state index >= 15 is 0 Å². The fraction of sp³-hybridized carbons (Fsp3) is 0.417. The number of hydrogen-bond acceptors (Lipinski definition) is 4. The van der Waals surface area contributed by atoms with Crippen molar-refractivity contribution in [2.75, 3.05) is 38.7 Å². The molecule has 2 N–H and O–H groups in total. The Labute approximate surface area is 188 Å². The summed E-state index contributed by atoms with van der Waals surface area (Å²) in [6.45, 7) is 3.57. The second-order valence-electron chi connectivity index (χ2n) is 7.84. The first-order chi connectivity index (χ1) is 15.1. The largest absolute Gasteiger partial charge is 0.385 e. The van der Waals surface area contributed by atoms with Gasteiger partial charge in [-0.25, -0.2) is 0 Å². The fourth-order valence-corrected chi connectivity index (χ4v) is 3.93. The normalized spacial score (nSPS) is 16.6. The number of likely N-dealkylation sites (tertiary alicyclic amines) is 1. The van der Waals surface area contributed by atoms with Crippen LogP contribution >= 0.6 is 11.6 Å². The number of nitrogens with one attached hydrogen (secondary N) is 2. The van der Waals surface area contributed by atoms with E-state index in [4.69, 9.17) is 16.3 Å². The van der Waals surface area contributed by atoms with Crippen LogP contribution in [0.1, 0.15) is 35.2 Å². The molecule has 2 aromatic carbocycles. The Morgan fingerprint density at radius 2 is 1.94 bits per heavy atom. The summed E-state index contributed by atoms with van der Waals surface area (Å²) in [7, 11) is 1.63. The molecule has 1 aliphatic rings. The first-order valence-electron chi connectivity index (χ1n) is 10.7. The van der Waals surface area contributed by atoms with Gasteiger partial charge in [0.25, 0.3) is 5.91 Å². The Morgan fingerprint density at radius 1 is 1.16 bits per heavy atom. The summed E-state index contributed by atoms with van der Waals surface area (Å²) in [4.78, 5) is 27.8. The number of ether oxygens (including phenoxy) is 1. The van der Waals surface area contributed by atoms with Crippen molar-refractivity contribution in [1.82, 2.24) is 10.2 Å². The zero-order valence-electron chi connectivity index (χ0n) is 17.9. The molecule has 166 valence electrons. The van der Waals surface area contributed by atoms with Crippen molar-refractivity contribution < 1.29 is 14.3 Å². The minimum Gasteiger partial charge on any atom is -0.385 e. The molecule has 0 radical (unpaired) electrons. The molecule has 0 aromatic heterocycles. The van der Waals surface area contributed by atoms with E-state index in [2.05, 4.69) is 15.5 Å². The molecule has 0 bridgehead atoms. The van der Waals surface area contributed by atoms with E-state index in [0.29, 0.717) is 30.9 Å². The van der Waals surface area contributed by atoms with Crippen LogP contribution in [0.2, 0.25) is 5.02 Å². The van der Waals surface area contributed by atoms with E-state index in [-0.39, 0.29) is 17.7 Å². The van der Waals surface area contributed by atoms with Crippen LogP contribution < -0.4 is 10.6 Å². The highest BCUT2D eigenvalue weighted by atomic mass is 35.5. The van der Waals surface area contributed by atoms with Crippen molar-refractivity contribution in [3.05, 3.63) is 64.7 Å². The highest BCUT2D eigenvalue weighted by Crippen LogP contribution is 2.22. The van der Waals surface area contributed by atoms with Gasteiger partial charge in [0, 0.05) is 38.4 Å². The molecular weight excluding hydrogens is 414 g/mol. The van der Waals surface area contributed by atoms with Gasteiger partial charge in [-0.3, -0.25) is 14.5 Å².